The molecule has 0 amide bonds. The highest BCUT2D eigenvalue weighted by Crippen LogP contribution is 2.28. The molecule has 0 spiro atoms. The third-order valence-electron chi connectivity index (χ3n) is 3.88. The molecule has 1 N–H and O–H groups in total. The first-order valence-corrected chi connectivity index (χ1v) is 9.98. The number of thiophene rings is 1. The zero-order valence-corrected chi connectivity index (χ0v) is 15.8. The fraction of sp³-hybridized carbons (Fsp3) is 0.167. The first kappa shape index (κ1) is 17.6. The number of esters is 1. The Bertz CT molecular complexity index is 1190. The average molecular weight is 398 g/mol. The highest BCUT2D eigenvalue weighted by molar-refractivity contribution is 8.00. The van der Waals surface area contributed by atoms with E-state index in [1.165, 1.54) is 29.4 Å². The lowest BCUT2D eigenvalue weighted by molar-refractivity contribution is -0.145. The number of hydrogen-bond acceptors (Lipinski definition) is 8. The number of carbonyl (C=O) groups is 1. The second-order valence-electron chi connectivity index (χ2n) is 5.71. The lowest BCUT2D eigenvalue weighted by Crippen LogP contribution is -2.18. The fourth-order valence-electron chi connectivity index (χ4n) is 2.59. The number of rotatable bonds is 5. The smallest absolute Gasteiger partial charge is 0.317 e. The Morgan fingerprint density at radius 3 is 3.00 bits per heavy atom. The summed E-state index contributed by atoms with van der Waals surface area (Å²) >= 11 is 2.82. The van der Waals surface area contributed by atoms with Gasteiger partial charge in [0.25, 0.3) is 5.56 Å². The Hall–Kier alpha value is -2.78. The number of carbonyl (C=O) groups excluding carboxylic acids is 1. The van der Waals surface area contributed by atoms with Crippen molar-refractivity contribution >= 4 is 50.2 Å². The van der Waals surface area contributed by atoms with Crippen molar-refractivity contribution in [3.8, 4) is 0 Å². The van der Waals surface area contributed by atoms with Gasteiger partial charge in [-0.3, -0.25) is 9.59 Å². The second kappa shape index (κ2) is 7.45. The molecule has 7 nitrogen and oxygen atoms in total. The molecule has 1 atom stereocenters. The molecule has 0 saturated carbocycles. The highest BCUT2D eigenvalue weighted by Gasteiger charge is 2.16. The van der Waals surface area contributed by atoms with Gasteiger partial charge in [-0.05, 0) is 30.5 Å². The van der Waals surface area contributed by atoms with Crippen LogP contribution in [0.15, 0.2) is 51.9 Å². The van der Waals surface area contributed by atoms with E-state index in [0.29, 0.717) is 16.7 Å². The summed E-state index contributed by atoms with van der Waals surface area (Å²) in [5.74, 6) is 0.00835. The molecule has 0 saturated heterocycles. The van der Waals surface area contributed by atoms with Crippen molar-refractivity contribution in [2.45, 2.75) is 18.1 Å². The third kappa shape index (κ3) is 3.69. The van der Waals surface area contributed by atoms with Gasteiger partial charge in [0.05, 0.1) is 16.7 Å². The van der Waals surface area contributed by atoms with E-state index in [4.69, 9.17) is 4.74 Å². The quantitative estimate of drug-likeness (QED) is 0.313. The summed E-state index contributed by atoms with van der Waals surface area (Å²) in [5.41, 5.74) is 0.308. The van der Waals surface area contributed by atoms with Crippen molar-refractivity contribution < 1.29 is 9.53 Å². The number of ether oxygens (including phenoxy) is 1. The molecule has 0 aliphatic heterocycles. The van der Waals surface area contributed by atoms with Gasteiger partial charge in [-0.15, -0.1) is 11.3 Å². The standard InChI is InChI=1S/C18H14N4O3S2/c1-10(15-21-13-5-3-2-4-11(13)16(24)22-15)25-14(23)8-27-18-12-6-7-26-17(12)19-9-20-18/h2-7,9-10H,8H2,1H3,(H,21,22,24)/t10-/m1/s1. The van der Waals surface area contributed by atoms with Gasteiger partial charge in [0.2, 0.25) is 0 Å². The van der Waals surface area contributed by atoms with Crippen LogP contribution in [0.2, 0.25) is 0 Å². The van der Waals surface area contributed by atoms with Crippen molar-refractivity contribution in [1.82, 2.24) is 19.9 Å². The van der Waals surface area contributed by atoms with Crippen molar-refractivity contribution in [3.63, 3.8) is 0 Å². The summed E-state index contributed by atoms with van der Waals surface area (Å²) in [6, 6.07) is 8.96. The molecule has 9 heteroatoms. The fourth-order valence-corrected chi connectivity index (χ4v) is 4.16. The number of hydrogen-bond donors (Lipinski definition) is 1. The van der Waals surface area contributed by atoms with E-state index in [-0.39, 0.29) is 11.3 Å². The predicted molar refractivity (Wildman–Crippen MR) is 105 cm³/mol. The van der Waals surface area contributed by atoms with Crippen molar-refractivity contribution in [1.29, 1.82) is 0 Å². The first-order valence-electron chi connectivity index (χ1n) is 8.11. The summed E-state index contributed by atoms with van der Waals surface area (Å²) in [6.45, 7) is 1.68. The van der Waals surface area contributed by atoms with Crippen molar-refractivity contribution in [3.05, 3.63) is 58.2 Å². The molecule has 0 aliphatic carbocycles. The maximum Gasteiger partial charge on any atom is 0.317 e. The van der Waals surface area contributed by atoms with E-state index >= 15 is 0 Å². The molecule has 0 fully saturated rings. The van der Waals surface area contributed by atoms with Gasteiger partial charge in [-0.25, -0.2) is 15.0 Å². The summed E-state index contributed by atoms with van der Waals surface area (Å²) in [5, 5.41) is 4.10. The van der Waals surface area contributed by atoms with Gasteiger partial charge in [0.1, 0.15) is 16.2 Å². The number of H-pyrrole nitrogens is 1. The maximum absolute atomic E-state index is 12.2. The monoisotopic (exact) mass is 398 g/mol. The van der Waals surface area contributed by atoms with Crippen LogP contribution in [0, 0.1) is 0 Å². The zero-order valence-electron chi connectivity index (χ0n) is 14.2. The number of aromatic amines is 1. The van der Waals surface area contributed by atoms with Gasteiger partial charge in [-0.2, -0.15) is 0 Å². The minimum Gasteiger partial charge on any atom is -0.454 e. The molecule has 136 valence electrons. The number of para-hydroxylation sites is 1. The average Bonchev–Trinajstić information content (AvgIpc) is 3.15. The molecule has 27 heavy (non-hydrogen) atoms. The Morgan fingerprint density at radius 1 is 1.26 bits per heavy atom. The molecule has 3 heterocycles. The normalized spacial score (nSPS) is 12.3. The Kier molecular flexibility index (Phi) is 4.87. The third-order valence-corrected chi connectivity index (χ3v) is 5.68. The van der Waals surface area contributed by atoms with E-state index in [0.717, 1.165) is 15.2 Å². The Morgan fingerprint density at radius 2 is 2.11 bits per heavy atom. The first-order chi connectivity index (χ1) is 13.1. The Labute approximate surface area is 161 Å². The topological polar surface area (TPSA) is 97.8 Å². The largest absolute Gasteiger partial charge is 0.454 e. The lowest BCUT2D eigenvalue weighted by atomic mass is 10.2. The van der Waals surface area contributed by atoms with Gasteiger partial charge in [0.15, 0.2) is 11.9 Å². The molecule has 0 radical (unpaired) electrons. The summed E-state index contributed by atoms with van der Waals surface area (Å²) in [6.07, 6.45) is 0.820. The second-order valence-corrected chi connectivity index (χ2v) is 7.57. The predicted octanol–water partition coefficient (Wildman–Crippen LogP) is 3.32. The zero-order chi connectivity index (χ0) is 18.8. The van der Waals surface area contributed by atoms with Gasteiger partial charge in [0, 0.05) is 5.39 Å². The van der Waals surface area contributed by atoms with Crippen LogP contribution in [0.25, 0.3) is 21.1 Å². The van der Waals surface area contributed by atoms with E-state index in [1.54, 1.807) is 31.2 Å². The number of thioether (sulfide) groups is 1. The van der Waals surface area contributed by atoms with Crippen LogP contribution in [0.5, 0.6) is 0 Å². The molecular formula is C18H14N4O3S2. The van der Waals surface area contributed by atoms with Crippen LogP contribution < -0.4 is 5.56 Å². The summed E-state index contributed by atoms with van der Waals surface area (Å²) < 4.78 is 5.42. The molecule has 0 aliphatic rings. The molecule has 3 aromatic heterocycles. The number of benzene rings is 1. The molecule has 0 bridgehead atoms. The van der Waals surface area contributed by atoms with Crippen LogP contribution in [-0.2, 0) is 9.53 Å². The van der Waals surface area contributed by atoms with Gasteiger partial charge >= 0.3 is 5.97 Å². The Balaban J connectivity index is 1.45. The van der Waals surface area contributed by atoms with E-state index in [9.17, 15) is 9.59 Å². The van der Waals surface area contributed by atoms with Crippen molar-refractivity contribution in [2.75, 3.05) is 5.75 Å². The summed E-state index contributed by atoms with van der Waals surface area (Å²) in [7, 11) is 0. The summed E-state index contributed by atoms with van der Waals surface area (Å²) in [4.78, 5) is 40.7. The van der Waals surface area contributed by atoms with E-state index in [2.05, 4.69) is 19.9 Å². The van der Waals surface area contributed by atoms with Crippen LogP contribution >= 0.6 is 23.1 Å². The molecule has 0 unspecified atom stereocenters. The maximum atomic E-state index is 12.2. The molecule has 4 aromatic rings. The van der Waals surface area contributed by atoms with E-state index < -0.39 is 12.1 Å². The van der Waals surface area contributed by atoms with Crippen LogP contribution in [0.3, 0.4) is 0 Å². The van der Waals surface area contributed by atoms with Crippen molar-refractivity contribution in [2.24, 2.45) is 0 Å². The number of nitrogens with one attached hydrogen (secondary N) is 1. The molecule has 4 rings (SSSR count). The van der Waals surface area contributed by atoms with E-state index in [1.807, 2.05) is 11.4 Å². The SMILES string of the molecule is C[C@@H](OC(=O)CSc1ncnc2sccc12)c1nc2ccccc2c(=O)[nH]1. The number of nitrogens with zero attached hydrogens (tertiary/aromatic N) is 3. The van der Waals surface area contributed by atoms with Gasteiger partial charge < -0.3 is 9.72 Å². The minimum absolute atomic E-state index is 0.101. The number of aromatic nitrogens is 4. The lowest BCUT2D eigenvalue weighted by Gasteiger charge is -2.13. The minimum atomic E-state index is -0.665. The van der Waals surface area contributed by atoms with Crippen LogP contribution in [-0.4, -0.2) is 31.7 Å². The molecule has 1 aromatic carbocycles. The van der Waals surface area contributed by atoms with Gasteiger partial charge in [-0.1, -0.05) is 23.9 Å². The highest BCUT2D eigenvalue weighted by atomic mass is 32.2. The molecular weight excluding hydrogens is 384 g/mol. The van der Waals surface area contributed by atoms with Crippen LogP contribution in [0.4, 0.5) is 0 Å². The number of fused-ring (bicyclic) bond motifs is 2. The van der Waals surface area contributed by atoms with Crippen LogP contribution in [0.1, 0.15) is 18.9 Å².